The number of hydrogen-bond donors (Lipinski definition) is 1. The summed E-state index contributed by atoms with van der Waals surface area (Å²) in [6.45, 7) is 6.37. The first-order valence-electron chi connectivity index (χ1n) is 5.56. The summed E-state index contributed by atoms with van der Waals surface area (Å²) in [4.78, 5) is 15.9. The molecule has 0 aliphatic carbocycles. The maximum absolute atomic E-state index is 11.9. The van der Waals surface area contributed by atoms with Crippen molar-refractivity contribution in [1.82, 2.24) is 9.55 Å². The lowest BCUT2D eigenvalue weighted by Crippen LogP contribution is -2.29. The molecule has 0 aliphatic heterocycles. The Balaban J connectivity index is 2.56. The van der Waals surface area contributed by atoms with Gasteiger partial charge >= 0.3 is 0 Å². The standard InChI is InChI=1S/C12H21N3O/c1-12(2,3)8-9(13)7-10(16)11-14-5-6-15(11)4/h5-6,9H,7-8,13H2,1-4H3. The van der Waals surface area contributed by atoms with Gasteiger partial charge in [-0.2, -0.15) is 0 Å². The van der Waals surface area contributed by atoms with Gasteiger partial charge in [-0.05, 0) is 11.8 Å². The summed E-state index contributed by atoms with van der Waals surface area (Å²) in [6.07, 6.45) is 4.59. The zero-order valence-electron chi connectivity index (χ0n) is 10.5. The van der Waals surface area contributed by atoms with Crippen LogP contribution in [0.25, 0.3) is 0 Å². The fourth-order valence-corrected chi connectivity index (χ4v) is 1.82. The number of aromatic nitrogens is 2. The van der Waals surface area contributed by atoms with Crippen LogP contribution < -0.4 is 5.73 Å². The van der Waals surface area contributed by atoms with Crippen molar-refractivity contribution in [3.63, 3.8) is 0 Å². The van der Waals surface area contributed by atoms with Crippen molar-refractivity contribution in [2.24, 2.45) is 18.2 Å². The van der Waals surface area contributed by atoms with E-state index >= 15 is 0 Å². The number of imidazole rings is 1. The number of rotatable bonds is 4. The summed E-state index contributed by atoms with van der Waals surface area (Å²) in [7, 11) is 1.81. The first-order valence-corrected chi connectivity index (χ1v) is 5.56. The minimum Gasteiger partial charge on any atom is -0.332 e. The van der Waals surface area contributed by atoms with Gasteiger partial charge in [0.15, 0.2) is 11.6 Å². The molecule has 4 nitrogen and oxygen atoms in total. The van der Waals surface area contributed by atoms with E-state index < -0.39 is 0 Å². The van der Waals surface area contributed by atoms with E-state index in [0.717, 1.165) is 6.42 Å². The molecule has 1 heterocycles. The molecule has 1 unspecified atom stereocenters. The number of nitrogens with two attached hydrogens (primary N) is 1. The Labute approximate surface area is 96.9 Å². The van der Waals surface area contributed by atoms with Gasteiger partial charge in [-0.1, -0.05) is 20.8 Å². The van der Waals surface area contributed by atoms with E-state index in [1.165, 1.54) is 0 Å². The molecule has 2 N–H and O–H groups in total. The molecule has 90 valence electrons. The minimum absolute atomic E-state index is 0.0178. The first kappa shape index (κ1) is 12.9. The smallest absolute Gasteiger partial charge is 0.199 e. The number of aryl methyl sites for hydroxylation is 1. The van der Waals surface area contributed by atoms with Gasteiger partial charge in [0.05, 0.1) is 0 Å². The van der Waals surface area contributed by atoms with E-state index in [1.807, 2.05) is 7.05 Å². The van der Waals surface area contributed by atoms with Crippen LogP contribution in [0.4, 0.5) is 0 Å². The number of Topliss-reactive ketones (excluding diaryl/α,β-unsaturated/α-hetero) is 1. The van der Waals surface area contributed by atoms with E-state index in [-0.39, 0.29) is 17.2 Å². The van der Waals surface area contributed by atoms with Crippen LogP contribution >= 0.6 is 0 Å². The van der Waals surface area contributed by atoms with Crippen LogP contribution in [0.1, 0.15) is 44.2 Å². The molecule has 0 amide bonds. The fraction of sp³-hybridized carbons (Fsp3) is 0.667. The predicted molar refractivity (Wildman–Crippen MR) is 64.2 cm³/mol. The van der Waals surface area contributed by atoms with Crippen molar-refractivity contribution in [1.29, 1.82) is 0 Å². The minimum atomic E-state index is -0.0933. The van der Waals surface area contributed by atoms with E-state index in [0.29, 0.717) is 12.2 Å². The number of hydrogen-bond acceptors (Lipinski definition) is 3. The van der Waals surface area contributed by atoms with Crippen molar-refractivity contribution in [2.75, 3.05) is 0 Å². The average Bonchev–Trinajstić information content (AvgIpc) is 2.47. The highest BCUT2D eigenvalue weighted by Gasteiger charge is 2.20. The molecule has 0 spiro atoms. The molecule has 0 fully saturated rings. The van der Waals surface area contributed by atoms with E-state index in [2.05, 4.69) is 25.8 Å². The highest BCUT2D eigenvalue weighted by molar-refractivity contribution is 5.93. The molecule has 16 heavy (non-hydrogen) atoms. The van der Waals surface area contributed by atoms with Crippen molar-refractivity contribution in [2.45, 2.75) is 39.7 Å². The Morgan fingerprint density at radius 3 is 2.62 bits per heavy atom. The van der Waals surface area contributed by atoms with Gasteiger partial charge in [0, 0.05) is 31.9 Å². The van der Waals surface area contributed by atoms with E-state index in [4.69, 9.17) is 5.73 Å². The molecule has 1 atom stereocenters. The third-order valence-corrected chi connectivity index (χ3v) is 2.39. The van der Waals surface area contributed by atoms with E-state index in [9.17, 15) is 4.79 Å². The second kappa shape index (κ2) is 4.78. The van der Waals surface area contributed by atoms with Crippen LogP contribution in [-0.4, -0.2) is 21.4 Å². The summed E-state index contributed by atoms with van der Waals surface area (Å²) >= 11 is 0. The molecular weight excluding hydrogens is 202 g/mol. The molecule has 0 bridgehead atoms. The van der Waals surface area contributed by atoms with Crippen molar-refractivity contribution in [3.05, 3.63) is 18.2 Å². The van der Waals surface area contributed by atoms with Gasteiger partial charge in [-0.3, -0.25) is 4.79 Å². The Morgan fingerprint density at radius 1 is 1.56 bits per heavy atom. The number of carbonyl (C=O) groups excluding carboxylic acids is 1. The Hall–Kier alpha value is -1.16. The van der Waals surface area contributed by atoms with Crippen LogP contribution in [0, 0.1) is 5.41 Å². The molecule has 0 saturated carbocycles. The monoisotopic (exact) mass is 223 g/mol. The topological polar surface area (TPSA) is 60.9 Å². The van der Waals surface area contributed by atoms with Crippen LogP contribution in [0.2, 0.25) is 0 Å². The maximum atomic E-state index is 11.9. The Bertz CT molecular complexity index is 363. The second-order valence-corrected chi connectivity index (χ2v) is 5.51. The molecule has 0 radical (unpaired) electrons. The van der Waals surface area contributed by atoms with Crippen molar-refractivity contribution < 1.29 is 4.79 Å². The van der Waals surface area contributed by atoms with Gasteiger partial charge in [0.2, 0.25) is 0 Å². The van der Waals surface area contributed by atoms with Crippen LogP contribution in [0.15, 0.2) is 12.4 Å². The quantitative estimate of drug-likeness (QED) is 0.791. The molecule has 0 aliphatic rings. The molecule has 0 aromatic carbocycles. The SMILES string of the molecule is Cn1ccnc1C(=O)CC(N)CC(C)(C)C. The summed E-state index contributed by atoms with van der Waals surface area (Å²) < 4.78 is 1.73. The Kier molecular flexibility index (Phi) is 3.86. The van der Waals surface area contributed by atoms with Crippen molar-refractivity contribution >= 4 is 5.78 Å². The molecule has 0 saturated heterocycles. The molecule has 1 rings (SSSR count). The maximum Gasteiger partial charge on any atom is 0.199 e. The number of nitrogens with zero attached hydrogens (tertiary/aromatic N) is 2. The van der Waals surface area contributed by atoms with Crippen LogP contribution in [0.5, 0.6) is 0 Å². The number of carbonyl (C=O) groups is 1. The fourth-order valence-electron chi connectivity index (χ4n) is 1.82. The third-order valence-electron chi connectivity index (χ3n) is 2.39. The summed E-state index contributed by atoms with van der Waals surface area (Å²) in [5.41, 5.74) is 6.11. The molecule has 1 aromatic heterocycles. The summed E-state index contributed by atoms with van der Waals surface area (Å²) in [5.74, 6) is 0.508. The Morgan fingerprint density at radius 2 is 2.19 bits per heavy atom. The molecule has 4 heteroatoms. The predicted octanol–water partition coefficient (Wildman–Crippen LogP) is 1.76. The normalized spacial score (nSPS) is 13.8. The van der Waals surface area contributed by atoms with Crippen molar-refractivity contribution in [3.8, 4) is 0 Å². The molecule has 1 aromatic rings. The van der Waals surface area contributed by atoms with Gasteiger partial charge in [0.1, 0.15) is 0 Å². The first-order chi connectivity index (χ1) is 7.29. The van der Waals surface area contributed by atoms with Gasteiger partial charge in [0.25, 0.3) is 0 Å². The van der Waals surface area contributed by atoms with E-state index in [1.54, 1.807) is 17.0 Å². The largest absolute Gasteiger partial charge is 0.332 e. The van der Waals surface area contributed by atoms with Gasteiger partial charge in [-0.15, -0.1) is 0 Å². The average molecular weight is 223 g/mol. The zero-order valence-corrected chi connectivity index (χ0v) is 10.5. The van der Waals surface area contributed by atoms with Crippen LogP contribution in [-0.2, 0) is 7.05 Å². The lowest BCUT2D eigenvalue weighted by atomic mass is 9.87. The lowest BCUT2D eigenvalue weighted by molar-refractivity contribution is 0.0955. The zero-order chi connectivity index (χ0) is 12.3. The van der Waals surface area contributed by atoms with Crippen LogP contribution in [0.3, 0.4) is 0 Å². The summed E-state index contributed by atoms with van der Waals surface area (Å²) in [5, 5.41) is 0. The summed E-state index contributed by atoms with van der Waals surface area (Å²) in [6, 6.07) is -0.0933. The highest BCUT2D eigenvalue weighted by Crippen LogP contribution is 2.21. The van der Waals surface area contributed by atoms with Gasteiger partial charge in [-0.25, -0.2) is 4.98 Å². The third kappa shape index (κ3) is 3.77. The number of ketones is 1. The highest BCUT2D eigenvalue weighted by atomic mass is 16.1. The lowest BCUT2D eigenvalue weighted by Gasteiger charge is -2.22. The van der Waals surface area contributed by atoms with Gasteiger partial charge < -0.3 is 10.3 Å². The second-order valence-electron chi connectivity index (χ2n) is 5.51. The molecular formula is C12H21N3O.